The van der Waals surface area contributed by atoms with E-state index in [9.17, 15) is 14.4 Å². The maximum atomic E-state index is 14.2. The molecule has 0 spiro atoms. The Morgan fingerprint density at radius 3 is 2.09 bits per heavy atom. The van der Waals surface area contributed by atoms with Gasteiger partial charge in [0.2, 0.25) is 11.8 Å². The first-order chi connectivity index (χ1) is 28.1. The average Bonchev–Trinajstić information content (AvgIpc) is 4.10. The van der Waals surface area contributed by atoms with Crippen molar-refractivity contribution in [3.05, 3.63) is 108 Å². The molecule has 7 rings (SSSR count). The molecule has 4 heterocycles. The van der Waals surface area contributed by atoms with Crippen LogP contribution in [-0.4, -0.2) is 93.2 Å². The fourth-order valence-electron chi connectivity index (χ4n) is 8.77. The summed E-state index contributed by atoms with van der Waals surface area (Å²) in [4.78, 5) is 59.7. The second kappa shape index (κ2) is 17.5. The van der Waals surface area contributed by atoms with Gasteiger partial charge in [0.1, 0.15) is 17.4 Å². The molecule has 11 heteroatoms. The van der Waals surface area contributed by atoms with E-state index in [1.807, 2.05) is 54.2 Å². The second-order valence-electron chi connectivity index (χ2n) is 16.1. The summed E-state index contributed by atoms with van der Waals surface area (Å²) in [6, 6.07) is 26.7. The van der Waals surface area contributed by atoms with E-state index in [4.69, 9.17) is 14.7 Å². The van der Waals surface area contributed by atoms with Crippen LogP contribution in [0.5, 0.6) is 0 Å². The second-order valence-corrected chi connectivity index (χ2v) is 16.1. The number of likely N-dealkylation sites (N-methyl/N-ethyl adjacent to an activating group) is 1. The zero-order valence-corrected chi connectivity index (χ0v) is 34.7. The van der Waals surface area contributed by atoms with Crippen molar-refractivity contribution >= 4 is 29.2 Å². The van der Waals surface area contributed by atoms with E-state index in [2.05, 4.69) is 89.7 Å². The number of hydrogen-bond donors (Lipinski definition) is 2. The molecule has 3 amide bonds. The summed E-state index contributed by atoms with van der Waals surface area (Å²) >= 11 is 0. The number of aromatic nitrogens is 2. The van der Waals surface area contributed by atoms with Crippen molar-refractivity contribution in [3.8, 4) is 22.4 Å². The molecule has 0 radical (unpaired) electrons. The lowest BCUT2D eigenvalue weighted by Crippen LogP contribution is -2.62. The van der Waals surface area contributed by atoms with Crippen molar-refractivity contribution in [2.45, 2.75) is 90.4 Å². The summed E-state index contributed by atoms with van der Waals surface area (Å²) in [5.74, 6) is 0.731. The van der Waals surface area contributed by atoms with Gasteiger partial charge in [0.15, 0.2) is 0 Å². The van der Waals surface area contributed by atoms with Gasteiger partial charge in [-0.25, -0.2) is 9.78 Å². The number of aliphatic imine (C=N–C) groups is 1. The Bertz CT molecular complexity index is 2140. The van der Waals surface area contributed by atoms with Gasteiger partial charge in [0, 0.05) is 31.4 Å². The quantitative estimate of drug-likeness (QED) is 0.140. The Morgan fingerprint density at radius 1 is 0.862 bits per heavy atom. The fraction of sp³-hybridized carbons (Fsp3) is 0.426. The number of rotatable bonds is 13. The largest absolute Gasteiger partial charge is 0.453 e. The van der Waals surface area contributed by atoms with Crippen molar-refractivity contribution in [1.82, 2.24) is 30.0 Å². The molecule has 0 unspecified atom stereocenters. The van der Waals surface area contributed by atoms with E-state index in [1.165, 1.54) is 7.11 Å². The van der Waals surface area contributed by atoms with Crippen molar-refractivity contribution < 1.29 is 19.1 Å². The maximum absolute atomic E-state index is 14.2. The van der Waals surface area contributed by atoms with Crippen LogP contribution in [0.4, 0.5) is 4.79 Å². The zero-order chi connectivity index (χ0) is 41.0. The number of nitrogens with zero attached hydrogens (tertiary/aromatic N) is 5. The molecule has 3 aromatic carbocycles. The van der Waals surface area contributed by atoms with Gasteiger partial charge in [0.25, 0.3) is 0 Å². The number of methoxy groups -OCH3 is 1. The zero-order valence-electron chi connectivity index (χ0n) is 34.7. The molecule has 3 aliphatic rings. The first kappa shape index (κ1) is 40.6. The minimum Gasteiger partial charge on any atom is -0.453 e. The number of nitrogens with one attached hydrogen (secondary N) is 2. The smallest absolute Gasteiger partial charge is 0.407 e. The highest BCUT2D eigenvalue weighted by Crippen LogP contribution is 2.37. The molecule has 2 N–H and O–H groups in total. The minimum absolute atomic E-state index is 0.0899. The number of H-pyrrole nitrogens is 1. The number of amides is 3. The molecule has 0 bridgehead atoms. The summed E-state index contributed by atoms with van der Waals surface area (Å²) in [5, 5.41) is 2.80. The van der Waals surface area contributed by atoms with Gasteiger partial charge < -0.3 is 24.8 Å². The standard InChI is InChI=1S/C47H57N7O4/c1-7-52(8-2)42(36-14-10-9-11-15-36)44(55)53-26-13-17-41(53)43-49-30-39(50-43)35-24-22-33(23-25-35)32-18-20-34(21-19-32)37-28-38(48-29-37)40-16-12-27-54(40)45(56)47(5,31(3)4)51-46(57)58-6/h9-11,14-15,18-25,29-31,40-42H,7-8,12-13,16-17,26-28H2,1-6H3,(H,49,50)(H,51,57)/t40-,41-,42+,47+/m0/s1. The van der Waals surface area contributed by atoms with Gasteiger partial charge in [-0.15, -0.1) is 0 Å². The van der Waals surface area contributed by atoms with Crippen molar-refractivity contribution in [1.29, 1.82) is 0 Å². The van der Waals surface area contributed by atoms with E-state index in [0.29, 0.717) is 13.0 Å². The molecule has 58 heavy (non-hydrogen) atoms. The first-order valence-corrected chi connectivity index (χ1v) is 20.8. The van der Waals surface area contributed by atoms with Crippen molar-refractivity contribution in [2.24, 2.45) is 10.9 Å². The number of ether oxygens (including phenoxy) is 1. The molecule has 4 aromatic rings. The predicted molar refractivity (Wildman–Crippen MR) is 229 cm³/mol. The number of aromatic amines is 1. The molecule has 11 nitrogen and oxygen atoms in total. The van der Waals surface area contributed by atoms with E-state index in [-0.39, 0.29) is 35.9 Å². The highest BCUT2D eigenvalue weighted by molar-refractivity contribution is 6.04. The van der Waals surface area contributed by atoms with Crippen LogP contribution in [0.2, 0.25) is 0 Å². The number of alkyl carbamates (subject to hydrolysis) is 1. The summed E-state index contributed by atoms with van der Waals surface area (Å²) < 4.78 is 4.84. The number of likely N-dealkylation sites (tertiary alicyclic amines) is 2. The molecule has 3 aliphatic heterocycles. The number of benzene rings is 3. The Hall–Kier alpha value is -5.55. The van der Waals surface area contributed by atoms with Crippen LogP contribution in [0.3, 0.4) is 0 Å². The van der Waals surface area contributed by atoms with E-state index in [0.717, 1.165) is 95.9 Å². The molecule has 0 aliphatic carbocycles. The summed E-state index contributed by atoms with van der Waals surface area (Å²) in [6.45, 7) is 12.8. The monoisotopic (exact) mass is 783 g/mol. The summed E-state index contributed by atoms with van der Waals surface area (Å²) in [6.07, 6.45) is 7.43. The number of imidazole rings is 1. The SMILES string of the molecule is CCN(CC)[C@@H](C(=O)N1CCC[C@H]1c1ncc(-c2ccc(-c3ccc(C4=CN=C([C@@H]5CCCN5C(=O)[C@](C)(NC(=O)OC)C(C)C)C4)cc3)cc2)[nH]1)c1ccccc1. The highest BCUT2D eigenvalue weighted by Gasteiger charge is 2.46. The van der Waals surface area contributed by atoms with E-state index in [1.54, 1.807) is 6.92 Å². The van der Waals surface area contributed by atoms with Crippen molar-refractivity contribution in [3.63, 3.8) is 0 Å². The van der Waals surface area contributed by atoms with Gasteiger partial charge in [-0.3, -0.25) is 19.5 Å². The van der Waals surface area contributed by atoms with E-state index >= 15 is 0 Å². The summed E-state index contributed by atoms with van der Waals surface area (Å²) in [7, 11) is 1.31. The van der Waals surface area contributed by atoms with Crippen LogP contribution in [0, 0.1) is 5.92 Å². The predicted octanol–water partition coefficient (Wildman–Crippen LogP) is 8.44. The highest BCUT2D eigenvalue weighted by atomic mass is 16.5. The van der Waals surface area contributed by atoms with Crippen LogP contribution >= 0.6 is 0 Å². The number of allylic oxidation sites excluding steroid dienone is 1. The number of hydrogen-bond acceptors (Lipinski definition) is 7. The lowest BCUT2D eigenvalue weighted by Gasteiger charge is -2.38. The van der Waals surface area contributed by atoms with Crippen molar-refractivity contribution in [2.75, 3.05) is 33.3 Å². The molecule has 0 saturated carbocycles. The fourth-order valence-corrected chi connectivity index (χ4v) is 8.77. The topological polar surface area (TPSA) is 123 Å². The Kier molecular flexibility index (Phi) is 12.3. The Labute approximate surface area is 342 Å². The van der Waals surface area contributed by atoms with Crippen LogP contribution in [0.25, 0.3) is 28.0 Å². The van der Waals surface area contributed by atoms with Gasteiger partial charge in [-0.05, 0) is 85.0 Å². The van der Waals surface area contributed by atoms with Crippen LogP contribution in [-0.2, 0) is 14.3 Å². The number of carbonyl (C=O) groups is 3. The molecule has 304 valence electrons. The van der Waals surface area contributed by atoms with Crippen LogP contribution in [0.15, 0.2) is 96.3 Å². The minimum atomic E-state index is -1.09. The summed E-state index contributed by atoms with van der Waals surface area (Å²) in [5.41, 5.74) is 7.33. The number of carbonyl (C=O) groups excluding carboxylic acids is 3. The Morgan fingerprint density at radius 2 is 1.47 bits per heavy atom. The molecule has 2 saturated heterocycles. The molecule has 1 aromatic heterocycles. The average molecular weight is 784 g/mol. The third kappa shape index (κ3) is 8.09. The van der Waals surface area contributed by atoms with Gasteiger partial charge in [-0.2, -0.15) is 0 Å². The molecule has 4 atom stereocenters. The maximum Gasteiger partial charge on any atom is 0.407 e. The molecule has 2 fully saturated rings. The van der Waals surface area contributed by atoms with Gasteiger partial charge in [-0.1, -0.05) is 107 Å². The van der Waals surface area contributed by atoms with Gasteiger partial charge >= 0.3 is 6.09 Å². The first-order valence-electron chi connectivity index (χ1n) is 20.8. The third-order valence-electron chi connectivity index (χ3n) is 12.6. The van der Waals surface area contributed by atoms with Gasteiger partial charge in [0.05, 0.1) is 31.1 Å². The normalized spacial score (nSPS) is 19.6. The lowest BCUT2D eigenvalue weighted by molar-refractivity contribution is -0.139. The van der Waals surface area contributed by atoms with Crippen LogP contribution < -0.4 is 5.32 Å². The third-order valence-corrected chi connectivity index (χ3v) is 12.6. The lowest BCUT2D eigenvalue weighted by atomic mass is 9.86. The van der Waals surface area contributed by atoms with Crippen LogP contribution in [0.1, 0.15) is 95.8 Å². The molecular formula is C47H57N7O4. The Balaban J connectivity index is 0.988. The van der Waals surface area contributed by atoms with E-state index < -0.39 is 11.6 Å². The molecular weight excluding hydrogens is 727 g/mol.